The Bertz CT molecular complexity index is 1330. The Morgan fingerprint density at radius 2 is 1.70 bits per heavy atom. The second kappa shape index (κ2) is 11.4. The van der Waals surface area contributed by atoms with Gasteiger partial charge in [-0.2, -0.15) is 0 Å². The predicted octanol–water partition coefficient (Wildman–Crippen LogP) is 5.51. The number of carbonyl (C=O) groups excluding carboxylic acids is 2. The Hall–Kier alpha value is -3.97. The zero-order chi connectivity index (χ0) is 26.5. The summed E-state index contributed by atoms with van der Waals surface area (Å²) in [5, 5.41) is 22.2. The molecule has 3 aromatic rings. The summed E-state index contributed by atoms with van der Waals surface area (Å²) in [7, 11) is 0. The van der Waals surface area contributed by atoms with Crippen molar-refractivity contribution >= 4 is 29.1 Å². The summed E-state index contributed by atoms with van der Waals surface area (Å²) in [6, 6.07) is 17.6. The molecule has 0 aromatic heterocycles. The van der Waals surface area contributed by atoms with Crippen LogP contribution in [0.25, 0.3) is 5.76 Å². The van der Waals surface area contributed by atoms with Crippen LogP contribution in [0.1, 0.15) is 36.6 Å². The molecule has 0 spiro atoms. The van der Waals surface area contributed by atoms with Gasteiger partial charge in [-0.25, -0.2) is 0 Å². The number of carbonyl (C=O) groups is 2. The molecule has 4 rings (SSSR count). The van der Waals surface area contributed by atoms with E-state index >= 15 is 0 Å². The molecule has 1 amide bonds. The first kappa shape index (κ1) is 26.1. The molecule has 0 radical (unpaired) electrons. The fourth-order valence-corrected chi connectivity index (χ4v) is 4.55. The van der Waals surface area contributed by atoms with Crippen LogP contribution in [0.2, 0.25) is 5.02 Å². The quantitative estimate of drug-likeness (QED) is 0.219. The standard InChI is InChI=1S/C29H28ClNO6/c1-3-36-22-12-13-23(24(17-22)37-4-2)27(33)25-26(19-6-5-7-21(32)16-19)31(29(35)28(25)34)15-14-18-8-10-20(30)11-9-18/h5-13,16-17,26,32-33H,3-4,14-15H2,1-2H3/b27-25-. The highest BCUT2D eigenvalue weighted by molar-refractivity contribution is 6.46. The van der Waals surface area contributed by atoms with Crippen LogP contribution in [0.3, 0.4) is 0 Å². The number of aliphatic hydroxyl groups is 1. The first-order valence-corrected chi connectivity index (χ1v) is 12.4. The number of phenolic OH excluding ortho intramolecular Hbond substituents is 1. The third kappa shape index (κ3) is 5.57. The summed E-state index contributed by atoms with van der Waals surface area (Å²) in [5.41, 5.74) is 1.63. The monoisotopic (exact) mass is 521 g/mol. The average Bonchev–Trinajstić information content (AvgIpc) is 3.13. The molecule has 2 N–H and O–H groups in total. The number of aromatic hydroxyl groups is 1. The second-order valence-electron chi connectivity index (χ2n) is 8.49. The molecule has 8 heteroatoms. The number of likely N-dealkylation sites (tertiary alicyclic amines) is 1. The summed E-state index contributed by atoms with van der Waals surface area (Å²) < 4.78 is 11.3. The van der Waals surface area contributed by atoms with Gasteiger partial charge in [-0.1, -0.05) is 35.9 Å². The third-order valence-corrected chi connectivity index (χ3v) is 6.35. The van der Waals surface area contributed by atoms with Crippen LogP contribution in [0.15, 0.2) is 72.3 Å². The highest BCUT2D eigenvalue weighted by Crippen LogP contribution is 2.42. The highest BCUT2D eigenvalue weighted by Gasteiger charge is 2.46. The number of nitrogens with zero attached hydrogens (tertiary/aromatic N) is 1. The Labute approximate surface area is 220 Å². The van der Waals surface area contributed by atoms with Gasteiger partial charge < -0.3 is 24.6 Å². The second-order valence-corrected chi connectivity index (χ2v) is 8.92. The molecule has 0 aliphatic carbocycles. The first-order valence-electron chi connectivity index (χ1n) is 12.1. The number of Topliss-reactive ketones (excluding diaryl/α,β-unsaturated/α-hetero) is 1. The number of ketones is 1. The molecule has 3 aromatic carbocycles. The van der Waals surface area contributed by atoms with Crippen LogP contribution in [-0.4, -0.2) is 46.6 Å². The van der Waals surface area contributed by atoms with Crippen LogP contribution in [0, 0.1) is 0 Å². The first-order chi connectivity index (χ1) is 17.8. The van der Waals surface area contributed by atoms with Gasteiger partial charge >= 0.3 is 0 Å². The van der Waals surface area contributed by atoms with E-state index in [2.05, 4.69) is 0 Å². The summed E-state index contributed by atoms with van der Waals surface area (Å²) >= 11 is 5.99. The summed E-state index contributed by atoms with van der Waals surface area (Å²) in [4.78, 5) is 28.0. The molecule has 1 fully saturated rings. The van der Waals surface area contributed by atoms with Gasteiger partial charge in [0.05, 0.1) is 30.4 Å². The summed E-state index contributed by atoms with van der Waals surface area (Å²) in [5.74, 6) is -1.03. The van der Waals surface area contributed by atoms with E-state index in [1.807, 2.05) is 19.1 Å². The van der Waals surface area contributed by atoms with Crippen molar-refractivity contribution in [3.8, 4) is 17.2 Å². The van der Waals surface area contributed by atoms with Crippen molar-refractivity contribution < 1.29 is 29.3 Å². The Morgan fingerprint density at radius 3 is 2.38 bits per heavy atom. The maximum atomic E-state index is 13.3. The lowest BCUT2D eigenvalue weighted by molar-refractivity contribution is -0.139. The zero-order valence-corrected chi connectivity index (χ0v) is 21.4. The van der Waals surface area contributed by atoms with Crippen LogP contribution in [-0.2, 0) is 16.0 Å². The topological polar surface area (TPSA) is 96.3 Å². The number of hydrogen-bond acceptors (Lipinski definition) is 6. The largest absolute Gasteiger partial charge is 0.508 e. The summed E-state index contributed by atoms with van der Waals surface area (Å²) in [6.07, 6.45) is 0.465. The van der Waals surface area contributed by atoms with Crippen LogP contribution in [0.5, 0.6) is 17.2 Å². The van der Waals surface area contributed by atoms with Gasteiger partial charge in [0.15, 0.2) is 0 Å². The Kier molecular flexibility index (Phi) is 8.04. The van der Waals surface area contributed by atoms with Gasteiger partial charge in [-0.3, -0.25) is 9.59 Å². The van der Waals surface area contributed by atoms with Gasteiger partial charge in [-0.15, -0.1) is 0 Å². The number of phenols is 1. The van der Waals surface area contributed by atoms with E-state index in [1.165, 1.54) is 17.0 Å². The minimum absolute atomic E-state index is 0.0168. The van der Waals surface area contributed by atoms with Gasteiger partial charge in [0.2, 0.25) is 0 Å². The number of amides is 1. The normalized spacial score (nSPS) is 16.7. The lowest BCUT2D eigenvalue weighted by Crippen LogP contribution is -2.31. The summed E-state index contributed by atoms with van der Waals surface area (Å²) in [6.45, 7) is 4.65. The fraction of sp³-hybridized carbons (Fsp3) is 0.241. The van der Waals surface area contributed by atoms with E-state index < -0.39 is 17.7 Å². The van der Waals surface area contributed by atoms with E-state index in [4.69, 9.17) is 21.1 Å². The van der Waals surface area contributed by atoms with E-state index in [0.717, 1.165) is 5.56 Å². The van der Waals surface area contributed by atoms with Gasteiger partial charge in [0, 0.05) is 17.6 Å². The number of hydrogen-bond donors (Lipinski definition) is 2. The average molecular weight is 522 g/mol. The maximum absolute atomic E-state index is 13.3. The van der Waals surface area contributed by atoms with Crippen LogP contribution < -0.4 is 9.47 Å². The molecule has 0 bridgehead atoms. The Morgan fingerprint density at radius 1 is 0.973 bits per heavy atom. The molecule has 1 atom stereocenters. The molecular weight excluding hydrogens is 494 g/mol. The molecular formula is C29H28ClNO6. The van der Waals surface area contributed by atoms with Crippen molar-refractivity contribution in [3.05, 3.63) is 94.0 Å². The number of ether oxygens (including phenoxy) is 2. The Balaban J connectivity index is 1.81. The van der Waals surface area contributed by atoms with Crippen molar-refractivity contribution in [3.63, 3.8) is 0 Å². The third-order valence-electron chi connectivity index (χ3n) is 6.10. The van der Waals surface area contributed by atoms with Crippen molar-refractivity contribution in [2.75, 3.05) is 19.8 Å². The number of halogens is 1. The van der Waals surface area contributed by atoms with Gasteiger partial charge in [0.1, 0.15) is 23.0 Å². The van der Waals surface area contributed by atoms with E-state index in [-0.39, 0.29) is 29.2 Å². The minimum atomic E-state index is -0.902. The van der Waals surface area contributed by atoms with Crippen molar-refractivity contribution in [2.45, 2.75) is 26.3 Å². The van der Waals surface area contributed by atoms with Crippen LogP contribution >= 0.6 is 11.6 Å². The fourth-order valence-electron chi connectivity index (χ4n) is 4.43. The lowest BCUT2D eigenvalue weighted by atomic mass is 9.94. The van der Waals surface area contributed by atoms with Crippen LogP contribution in [0.4, 0.5) is 0 Å². The molecule has 1 saturated heterocycles. The number of rotatable bonds is 9. The molecule has 1 aliphatic heterocycles. The maximum Gasteiger partial charge on any atom is 0.295 e. The van der Waals surface area contributed by atoms with E-state index in [1.54, 1.807) is 49.4 Å². The van der Waals surface area contributed by atoms with Crippen molar-refractivity contribution in [2.24, 2.45) is 0 Å². The predicted molar refractivity (Wildman–Crippen MR) is 141 cm³/mol. The molecule has 7 nitrogen and oxygen atoms in total. The van der Waals surface area contributed by atoms with Gasteiger partial charge in [-0.05, 0) is 67.8 Å². The van der Waals surface area contributed by atoms with Crippen molar-refractivity contribution in [1.29, 1.82) is 0 Å². The molecule has 1 heterocycles. The molecule has 1 aliphatic rings. The molecule has 1 unspecified atom stereocenters. The van der Waals surface area contributed by atoms with E-state index in [9.17, 15) is 19.8 Å². The smallest absolute Gasteiger partial charge is 0.295 e. The van der Waals surface area contributed by atoms with E-state index in [0.29, 0.717) is 41.7 Å². The minimum Gasteiger partial charge on any atom is -0.508 e. The molecule has 0 saturated carbocycles. The van der Waals surface area contributed by atoms with Crippen molar-refractivity contribution in [1.82, 2.24) is 4.90 Å². The number of aliphatic hydroxyl groups excluding tert-OH is 1. The zero-order valence-electron chi connectivity index (χ0n) is 20.6. The highest BCUT2D eigenvalue weighted by atomic mass is 35.5. The SMILES string of the molecule is CCOc1ccc(/C(O)=C2/C(=O)C(=O)N(CCc3ccc(Cl)cc3)C2c2cccc(O)c2)c(OCC)c1. The molecule has 37 heavy (non-hydrogen) atoms. The van der Waals surface area contributed by atoms with Gasteiger partial charge in [0.25, 0.3) is 11.7 Å². The molecule has 192 valence electrons. The lowest BCUT2D eigenvalue weighted by Gasteiger charge is -2.25. The number of benzene rings is 3.